The van der Waals surface area contributed by atoms with E-state index in [9.17, 15) is 13.2 Å². The van der Waals surface area contributed by atoms with Gasteiger partial charge in [0.05, 0.1) is 35.5 Å². The van der Waals surface area contributed by atoms with Crippen molar-refractivity contribution < 1.29 is 27.1 Å². The molecule has 0 unspecified atom stereocenters. The van der Waals surface area contributed by atoms with Crippen molar-refractivity contribution in [2.24, 2.45) is 5.10 Å². The first-order valence-electron chi connectivity index (χ1n) is 9.64. The van der Waals surface area contributed by atoms with E-state index in [4.69, 9.17) is 13.9 Å². The smallest absolute Gasteiger partial charge is 0.264 e. The molecule has 174 valence electrons. The zero-order valence-electron chi connectivity index (χ0n) is 18.1. The summed E-state index contributed by atoms with van der Waals surface area (Å²) in [5.41, 5.74) is 2.54. The number of halogens is 1. The highest BCUT2D eigenvalue weighted by molar-refractivity contribution is 9.10. The number of hydrogen-bond acceptors (Lipinski definition) is 7. The van der Waals surface area contributed by atoms with E-state index < -0.39 is 22.5 Å². The Morgan fingerprint density at radius 2 is 1.85 bits per heavy atom. The zero-order valence-corrected chi connectivity index (χ0v) is 20.5. The molecule has 1 aromatic heterocycles. The van der Waals surface area contributed by atoms with Gasteiger partial charge in [-0.25, -0.2) is 13.8 Å². The van der Waals surface area contributed by atoms with Gasteiger partial charge in [-0.05, 0) is 59.3 Å². The highest BCUT2D eigenvalue weighted by Crippen LogP contribution is 2.32. The number of rotatable bonds is 9. The van der Waals surface area contributed by atoms with Gasteiger partial charge in [-0.3, -0.25) is 9.10 Å². The highest BCUT2D eigenvalue weighted by Gasteiger charge is 2.29. The maximum Gasteiger partial charge on any atom is 0.264 e. The van der Waals surface area contributed by atoms with Gasteiger partial charge in [0.1, 0.15) is 29.6 Å². The fourth-order valence-electron chi connectivity index (χ4n) is 2.89. The normalized spacial score (nSPS) is 11.4. The summed E-state index contributed by atoms with van der Waals surface area (Å²) in [7, 11) is -1.22. The molecule has 1 amide bonds. The van der Waals surface area contributed by atoms with Crippen LogP contribution in [-0.4, -0.2) is 41.3 Å². The summed E-state index contributed by atoms with van der Waals surface area (Å²) < 4.78 is 44.5. The molecule has 2 aromatic carbocycles. The number of amides is 1. The number of para-hydroxylation sites is 2. The molecule has 0 aliphatic heterocycles. The van der Waals surface area contributed by atoms with Gasteiger partial charge in [0.15, 0.2) is 0 Å². The standard InChI is InChI=1S/C22H22BrN3O6S/c1-15-19(23)12-17(32-15)13-24-25-22(27)14-26(20-6-4-5-7-21(20)31-3)33(28,29)18-10-8-16(30-2)9-11-18/h4-13H,14H2,1-3H3,(H,25,27)/b24-13-. The molecule has 11 heteroatoms. The van der Waals surface area contributed by atoms with E-state index in [0.717, 1.165) is 8.78 Å². The number of nitrogens with one attached hydrogen (secondary N) is 1. The number of carbonyl (C=O) groups is 1. The lowest BCUT2D eigenvalue weighted by atomic mass is 10.3. The van der Waals surface area contributed by atoms with Gasteiger partial charge in [0, 0.05) is 6.07 Å². The second-order valence-electron chi connectivity index (χ2n) is 6.71. The fourth-order valence-corrected chi connectivity index (χ4v) is 4.63. The molecule has 3 aromatic rings. The van der Waals surface area contributed by atoms with E-state index >= 15 is 0 Å². The number of aryl methyl sites for hydroxylation is 1. The van der Waals surface area contributed by atoms with Crippen molar-refractivity contribution in [1.82, 2.24) is 5.43 Å². The third-order valence-electron chi connectivity index (χ3n) is 4.55. The molecule has 0 saturated heterocycles. The number of methoxy groups -OCH3 is 2. The lowest BCUT2D eigenvalue weighted by Crippen LogP contribution is -2.39. The fraction of sp³-hybridized carbons (Fsp3) is 0.182. The predicted octanol–water partition coefficient (Wildman–Crippen LogP) is 3.71. The molecule has 33 heavy (non-hydrogen) atoms. The average molecular weight is 536 g/mol. The van der Waals surface area contributed by atoms with Crippen molar-refractivity contribution in [1.29, 1.82) is 0 Å². The first-order valence-corrected chi connectivity index (χ1v) is 11.9. The second kappa shape index (κ2) is 10.5. The van der Waals surface area contributed by atoms with Crippen LogP contribution in [0.2, 0.25) is 0 Å². The Hall–Kier alpha value is -3.31. The van der Waals surface area contributed by atoms with Gasteiger partial charge >= 0.3 is 0 Å². The van der Waals surface area contributed by atoms with Gasteiger partial charge in [-0.2, -0.15) is 5.10 Å². The number of hydrazone groups is 1. The summed E-state index contributed by atoms with van der Waals surface area (Å²) in [4.78, 5) is 12.6. The Morgan fingerprint density at radius 1 is 1.15 bits per heavy atom. The van der Waals surface area contributed by atoms with Crippen LogP contribution in [0.5, 0.6) is 11.5 Å². The van der Waals surface area contributed by atoms with Crippen molar-refractivity contribution >= 4 is 43.8 Å². The van der Waals surface area contributed by atoms with E-state index in [1.807, 2.05) is 0 Å². The molecule has 0 spiro atoms. The first kappa shape index (κ1) is 24.3. The maximum atomic E-state index is 13.5. The van der Waals surface area contributed by atoms with E-state index in [1.54, 1.807) is 37.3 Å². The third-order valence-corrected chi connectivity index (χ3v) is 7.11. The minimum absolute atomic E-state index is 0.0126. The quantitative estimate of drug-likeness (QED) is 0.330. The van der Waals surface area contributed by atoms with Gasteiger partial charge < -0.3 is 13.9 Å². The lowest BCUT2D eigenvalue weighted by molar-refractivity contribution is -0.119. The van der Waals surface area contributed by atoms with Crippen LogP contribution in [0.15, 0.2) is 73.5 Å². The van der Waals surface area contributed by atoms with Gasteiger partial charge in [-0.15, -0.1) is 0 Å². The highest BCUT2D eigenvalue weighted by atomic mass is 79.9. The van der Waals surface area contributed by atoms with Crippen LogP contribution >= 0.6 is 15.9 Å². The minimum Gasteiger partial charge on any atom is -0.497 e. The molecular formula is C22H22BrN3O6S. The predicted molar refractivity (Wildman–Crippen MR) is 127 cm³/mol. The lowest BCUT2D eigenvalue weighted by Gasteiger charge is -2.25. The molecule has 1 N–H and O–H groups in total. The number of carbonyl (C=O) groups excluding carboxylic acids is 1. The van der Waals surface area contributed by atoms with E-state index in [2.05, 4.69) is 26.5 Å². The number of nitrogens with zero attached hydrogens (tertiary/aromatic N) is 2. The second-order valence-corrected chi connectivity index (χ2v) is 9.42. The number of anilines is 1. The SMILES string of the molecule is COc1ccc(S(=O)(=O)N(CC(=O)N/N=C\c2cc(Br)c(C)o2)c2ccccc2OC)cc1. The van der Waals surface area contributed by atoms with Crippen LogP contribution in [0.3, 0.4) is 0 Å². The van der Waals surface area contributed by atoms with Crippen LogP contribution in [0.4, 0.5) is 5.69 Å². The summed E-state index contributed by atoms with van der Waals surface area (Å²) in [5.74, 6) is 1.23. The molecule has 3 rings (SSSR count). The van der Waals surface area contributed by atoms with Crippen molar-refractivity contribution in [2.75, 3.05) is 25.1 Å². The van der Waals surface area contributed by atoms with Crippen molar-refractivity contribution in [3.05, 3.63) is 70.6 Å². The minimum atomic E-state index is -4.13. The summed E-state index contributed by atoms with van der Waals surface area (Å²) in [5, 5.41) is 3.85. The number of furan rings is 1. The maximum absolute atomic E-state index is 13.5. The Balaban J connectivity index is 1.89. The van der Waals surface area contributed by atoms with Crippen LogP contribution in [0.1, 0.15) is 11.5 Å². The Bertz CT molecular complexity index is 1240. The molecule has 0 aliphatic carbocycles. The summed E-state index contributed by atoms with van der Waals surface area (Å²) in [6.45, 7) is 1.24. The van der Waals surface area contributed by atoms with Gasteiger partial charge in [-0.1, -0.05) is 12.1 Å². The molecule has 0 saturated carbocycles. The van der Waals surface area contributed by atoms with Crippen LogP contribution in [0, 0.1) is 6.92 Å². The van der Waals surface area contributed by atoms with E-state index in [-0.39, 0.29) is 10.6 Å². The number of sulfonamides is 1. The molecular weight excluding hydrogens is 514 g/mol. The van der Waals surface area contributed by atoms with Crippen molar-refractivity contribution in [2.45, 2.75) is 11.8 Å². The third kappa shape index (κ3) is 5.74. The zero-order chi connectivity index (χ0) is 24.0. The number of benzene rings is 2. The number of ether oxygens (including phenoxy) is 2. The molecule has 0 bridgehead atoms. The average Bonchev–Trinajstić information content (AvgIpc) is 3.14. The van der Waals surface area contributed by atoms with Crippen molar-refractivity contribution in [3.63, 3.8) is 0 Å². The summed E-state index contributed by atoms with van der Waals surface area (Å²) in [6, 6.07) is 14.1. The molecule has 0 radical (unpaired) electrons. The molecule has 0 fully saturated rings. The topological polar surface area (TPSA) is 110 Å². The Kier molecular flexibility index (Phi) is 7.77. The van der Waals surface area contributed by atoms with Gasteiger partial charge in [0.2, 0.25) is 0 Å². The van der Waals surface area contributed by atoms with E-state index in [0.29, 0.717) is 23.0 Å². The summed E-state index contributed by atoms with van der Waals surface area (Å²) in [6.07, 6.45) is 1.32. The van der Waals surface area contributed by atoms with Crippen LogP contribution in [0.25, 0.3) is 0 Å². The van der Waals surface area contributed by atoms with Crippen molar-refractivity contribution in [3.8, 4) is 11.5 Å². The van der Waals surface area contributed by atoms with E-state index in [1.165, 1.54) is 44.7 Å². The monoisotopic (exact) mass is 535 g/mol. The molecule has 1 heterocycles. The Labute approximate surface area is 200 Å². The van der Waals surface area contributed by atoms with Gasteiger partial charge in [0.25, 0.3) is 15.9 Å². The Morgan fingerprint density at radius 3 is 2.45 bits per heavy atom. The van der Waals surface area contributed by atoms with Crippen LogP contribution in [-0.2, 0) is 14.8 Å². The largest absolute Gasteiger partial charge is 0.497 e. The number of hydrogen-bond donors (Lipinski definition) is 1. The molecule has 9 nitrogen and oxygen atoms in total. The molecule has 0 aliphatic rings. The molecule has 0 atom stereocenters. The van der Waals surface area contributed by atoms with Crippen LogP contribution < -0.4 is 19.2 Å². The first-order chi connectivity index (χ1) is 15.8. The summed E-state index contributed by atoms with van der Waals surface area (Å²) >= 11 is 3.33.